The number of hydrogen-bond acceptors (Lipinski definition) is 3. The van der Waals surface area contributed by atoms with Crippen LogP contribution in [0.3, 0.4) is 0 Å². The number of benzene rings is 1. The molecule has 1 aromatic heterocycles. The highest BCUT2D eigenvalue weighted by Crippen LogP contribution is 2.27. The van der Waals surface area contributed by atoms with E-state index in [1.54, 1.807) is 0 Å². The smallest absolute Gasteiger partial charge is 0.0465 e. The Morgan fingerprint density at radius 1 is 1.40 bits per heavy atom. The molecule has 0 aliphatic rings. The van der Waals surface area contributed by atoms with Gasteiger partial charge in [-0.05, 0) is 12.5 Å². The molecule has 0 saturated heterocycles. The minimum atomic E-state index is -0.998. The van der Waals surface area contributed by atoms with Gasteiger partial charge >= 0.3 is 0 Å². The average Bonchev–Trinajstić information content (AvgIpc) is 2.62. The van der Waals surface area contributed by atoms with Gasteiger partial charge in [0.1, 0.15) is 0 Å². The summed E-state index contributed by atoms with van der Waals surface area (Å²) in [6.45, 7) is 0. The van der Waals surface area contributed by atoms with Gasteiger partial charge in [0.25, 0.3) is 0 Å². The minimum Gasteiger partial charge on any atom is -0.550 e. The summed E-state index contributed by atoms with van der Waals surface area (Å²) < 4.78 is 0. The Kier molecular flexibility index (Phi) is 2.97. The Balaban J connectivity index is 2.11. The van der Waals surface area contributed by atoms with Crippen molar-refractivity contribution < 1.29 is 9.90 Å². The topological polar surface area (TPSA) is 55.9 Å². The quantitative estimate of drug-likeness (QED) is 0.792. The van der Waals surface area contributed by atoms with Crippen molar-refractivity contribution in [2.24, 2.45) is 0 Å². The fraction of sp³-hybridized carbons (Fsp3) is 0.182. The highest BCUT2D eigenvalue weighted by Gasteiger charge is 2.02. The fourth-order valence-corrected chi connectivity index (χ4v) is 2.37. The van der Waals surface area contributed by atoms with Crippen LogP contribution in [0, 0.1) is 0 Å². The summed E-state index contributed by atoms with van der Waals surface area (Å²) in [6, 6.07) is 7.96. The normalized spacial score (nSPS) is 10.7. The summed E-state index contributed by atoms with van der Waals surface area (Å²) in [5.74, 6) is -0.452. The van der Waals surface area contributed by atoms with Crippen LogP contribution in [-0.2, 0) is 4.79 Å². The SMILES string of the molecule is O=C([O-])CCSc1c[nH]c2ccccc12. The lowest BCUT2D eigenvalue weighted by atomic mass is 10.2. The van der Waals surface area contributed by atoms with E-state index in [0.29, 0.717) is 5.75 Å². The van der Waals surface area contributed by atoms with E-state index in [2.05, 4.69) is 4.98 Å². The van der Waals surface area contributed by atoms with E-state index in [4.69, 9.17) is 0 Å². The molecule has 0 bridgehead atoms. The van der Waals surface area contributed by atoms with Crippen LogP contribution in [0.15, 0.2) is 35.4 Å². The van der Waals surface area contributed by atoms with Crippen LogP contribution in [0.1, 0.15) is 6.42 Å². The molecule has 0 amide bonds. The molecule has 0 spiro atoms. The van der Waals surface area contributed by atoms with E-state index < -0.39 is 5.97 Å². The summed E-state index contributed by atoms with van der Waals surface area (Å²) >= 11 is 1.53. The molecule has 4 heteroatoms. The number of fused-ring (bicyclic) bond motifs is 1. The van der Waals surface area contributed by atoms with Gasteiger partial charge in [0, 0.05) is 33.7 Å². The number of carboxylic acids is 1. The molecule has 0 radical (unpaired) electrons. The van der Waals surface area contributed by atoms with E-state index >= 15 is 0 Å². The van der Waals surface area contributed by atoms with Gasteiger partial charge in [0.05, 0.1) is 0 Å². The van der Waals surface area contributed by atoms with Crippen molar-refractivity contribution in [3.8, 4) is 0 Å². The molecule has 1 N–H and O–H groups in total. The van der Waals surface area contributed by atoms with Gasteiger partial charge in [0.2, 0.25) is 0 Å². The predicted molar refractivity (Wildman–Crippen MR) is 58.6 cm³/mol. The Labute approximate surface area is 91.5 Å². The molecule has 78 valence electrons. The average molecular weight is 220 g/mol. The number of carboxylic acid groups (broad SMARTS) is 1. The van der Waals surface area contributed by atoms with Crippen molar-refractivity contribution in [1.29, 1.82) is 0 Å². The summed E-state index contributed by atoms with van der Waals surface area (Å²) in [5, 5.41) is 11.4. The monoisotopic (exact) mass is 220 g/mol. The van der Waals surface area contributed by atoms with Gasteiger partial charge in [0.15, 0.2) is 0 Å². The van der Waals surface area contributed by atoms with Crippen molar-refractivity contribution in [1.82, 2.24) is 4.98 Å². The third-order valence-electron chi connectivity index (χ3n) is 2.12. The first-order chi connectivity index (χ1) is 7.27. The lowest BCUT2D eigenvalue weighted by Gasteiger charge is -2.00. The number of hydrogen-bond donors (Lipinski definition) is 1. The molecule has 0 unspecified atom stereocenters. The van der Waals surface area contributed by atoms with Crippen LogP contribution < -0.4 is 5.11 Å². The number of carbonyl (C=O) groups excluding carboxylic acids is 1. The van der Waals surface area contributed by atoms with Gasteiger partial charge in [-0.3, -0.25) is 0 Å². The number of nitrogens with one attached hydrogen (secondary N) is 1. The van der Waals surface area contributed by atoms with Crippen molar-refractivity contribution in [2.45, 2.75) is 11.3 Å². The first-order valence-electron chi connectivity index (χ1n) is 4.66. The molecule has 2 aromatic rings. The first kappa shape index (κ1) is 10.1. The third-order valence-corrected chi connectivity index (χ3v) is 3.17. The fourth-order valence-electron chi connectivity index (χ4n) is 1.41. The third kappa shape index (κ3) is 2.33. The molecule has 2 rings (SSSR count). The first-order valence-corrected chi connectivity index (χ1v) is 5.64. The number of rotatable bonds is 4. The van der Waals surface area contributed by atoms with Crippen molar-refractivity contribution in [3.05, 3.63) is 30.5 Å². The van der Waals surface area contributed by atoms with E-state index in [1.165, 1.54) is 11.8 Å². The maximum absolute atomic E-state index is 10.3. The van der Waals surface area contributed by atoms with E-state index in [1.807, 2.05) is 30.5 Å². The molecule has 0 aliphatic carbocycles. The summed E-state index contributed by atoms with van der Waals surface area (Å²) in [5.41, 5.74) is 1.08. The van der Waals surface area contributed by atoms with Crippen LogP contribution in [-0.4, -0.2) is 16.7 Å². The Hall–Kier alpha value is -1.42. The number of carbonyl (C=O) groups is 1. The van der Waals surface area contributed by atoms with Crippen LogP contribution in [0.4, 0.5) is 0 Å². The highest BCUT2D eigenvalue weighted by molar-refractivity contribution is 7.99. The lowest BCUT2D eigenvalue weighted by Crippen LogP contribution is -2.22. The molecule has 15 heavy (non-hydrogen) atoms. The minimum absolute atomic E-state index is 0.0875. The van der Waals surface area contributed by atoms with Gasteiger partial charge < -0.3 is 14.9 Å². The van der Waals surface area contributed by atoms with E-state index in [0.717, 1.165) is 15.8 Å². The standard InChI is InChI=1S/C11H11NO2S/c13-11(14)5-6-15-10-7-12-9-4-2-1-3-8(9)10/h1-4,7,12H,5-6H2,(H,13,14)/p-1. The number of thioether (sulfide) groups is 1. The zero-order chi connectivity index (χ0) is 10.7. The largest absolute Gasteiger partial charge is 0.550 e. The summed E-state index contributed by atoms with van der Waals surface area (Å²) in [6.07, 6.45) is 1.99. The van der Waals surface area contributed by atoms with Crippen LogP contribution in [0.25, 0.3) is 10.9 Å². The van der Waals surface area contributed by atoms with E-state index in [-0.39, 0.29) is 6.42 Å². The Bertz CT molecular complexity index is 478. The van der Waals surface area contributed by atoms with Gasteiger partial charge in [-0.1, -0.05) is 18.2 Å². The molecule has 0 saturated carbocycles. The maximum atomic E-state index is 10.3. The zero-order valence-electron chi connectivity index (χ0n) is 8.03. The second-order valence-electron chi connectivity index (χ2n) is 3.17. The Morgan fingerprint density at radius 3 is 3.00 bits per heavy atom. The highest BCUT2D eigenvalue weighted by atomic mass is 32.2. The second kappa shape index (κ2) is 4.40. The lowest BCUT2D eigenvalue weighted by molar-refractivity contribution is -0.305. The molecule has 1 aromatic carbocycles. The van der Waals surface area contributed by atoms with Crippen LogP contribution >= 0.6 is 11.8 Å². The van der Waals surface area contributed by atoms with Gasteiger partial charge in [-0.2, -0.15) is 0 Å². The second-order valence-corrected chi connectivity index (χ2v) is 4.31. The number of para-hydroxylation sites is 1. The number of aromatic amines is 1. The van der Waals surface area contributed by atoms with Crippen molar-refractivity contribution in [2.75, 3.05) is 5.75 Å². The summed E-state index contributed by atoms with van der Waals surface area (Å²) in [4.78, 5) is 14.5. The zero-order valence-corrected chi connectivity index (χ0v) is 8.84. The molecule has 3 nitrogen and oxygen atoms in total. The molecule has 0 aliphatic heterocycles. The van der Waals surface area contributed by atoms with Crippen LogP contribution in [0.2, 0.25) is 0 Å². The number of aromatic nitrogens is 1. The molecular formula is C11H10NO2S-. The van der Waals surface area contributed by atoms with Crippen molar-refractivity contribution in [3.63, 3.8) is 0 Å². The van der Waals surface area contributed by atoms with E-state index in [9.17, 15) is 9.90 Å². The number of aliphatic carboxylic acids is 1. The van der Waals surface area contributed by atoms with Crippen molar-refractivity contribution >= 4 is 28.6 Å². The Morgan fingerprint density at radius 2 is 2.20 bits per heavy atom. The van der Waals surface area contributed by atoms with Gasteiger partial charge in [-0.15, -0.1) is 11.8 Å². The molecule has 0 fully saturated rings. The van der Waals surface area contributed by atoms with Gasteiger partial charge in [-0.25, -0.2) is 0 Å². The summed E-state index contributed by atoms with van der Waals surface area (Å²) in [7, 11) is 0. The number of H-pyrrole nitrogens is 1. The molecule has 0 atom stereocenters. The predicted octanol–water partition coefficient (Wildman–Crippen LogP) is 1.40. The molecular weight excluding hydrogens is 210 g/mol. The maximum Gasteiger partial charge on any atom is 0.0465 e. The molecule has 1 heterocycles. The van der Waals surface area contributed by atoms with Crippen LogP contribution in [0.5, 0.6) is 0 Å².